The Kier molecular flexibility index (Phi) is 4.66. The van der Waals surface area contributed by atoms with Crippen molar-refractivity contribution < 1.29 is 23.9 Å². The van der Waals surface area contributed by atoms with Crippen molar-refractivity contribution in [3.05, 3.63) is 82.4 Å². The van der Waals surface area contributed by atoms with E-state index in [4.69, 9.17) is 9.47 Å². The second-order valence-corrected chi connectivity index (χ2v) is 7.81. The summed E-state index contributed by atoms with van der Waals surface area (Å²) in [5, 5.41) is 2.80. The first kappa shape index (κ1) is 19.8. The van der Waals surface area contributed by atoms with Gasteiger partial charge in [0, 0.05) is 17.3 Å². The van der Waals surface area contributed by atoms with Gasteiger partial charge in [0.25, 0.3) is 17.7 Å². The largest absolute Gasteiger partial charge is 0.486 e. The van der Waals surface area contributed by atoms with Gasteiger partial charge in [-0.3, -0.25) is 14.4 Å². The van der Waals surface area contributed by atoms with Crippen molar-refractivity contribution in [3.8, 4) is 11.5 Å². The van der Waals surface area contributed by atoms with Gasteiger partial charge in [-0.2, -0.15) is 0 Å². The Morgan fingerprint density at radius 1 is 0.844 bits per heavy atom. The molecule has 2 aliphatic rings. The molecule has 0 bridgehead atoms. The Labute approximate surface area is 184 Å². The third-order valence-electron chi connectivity index (χ3n) is 5.55. The van der Waals surface area contributed by atoms with E-state index in [1.807, 2.05) is 32.0 Å². The summed E-state index contributed by atoms with van der Waals surface area (Å²) < 4.78 is 11.0. The van der Waals surface area contributed by atoms with E-state index in [9.17, 15) is 14.4 Å². The van der Waals surface area contributed by atoms with Crippen LogP contribution in [0.2, 0.25) is 0 Å². The maximum Gasteiger partial charge on any atom is 0.266 e. The molecule has 0 spiro atoms. The molecule has 0 saturated heterocycles. The van der Waals surface area contributed by atoms with Gasteiger partial charge in [-0.25, -0.2) is 4.90 Å². The number of ether oxygens (including phenoxy) is 2. The highest BCUT2D eigenvalue weighted by Gasteiger charge is 2.37. The normalized spacial score (nSPS) is 14.4. The van der Waals surface area contributed by atoms with Gasteiger partial charge in [-0.15, -0.1) is 0 Å². The summed E-state index contributed by atoms with van der Waals surface area (Å²) >= 11 is 0. The van der Waals surface area contributed by atoms with E-state index in [2.05, 4.69) is 5.32 Å². The number of imide groups is 1. The maximum atomic E-state index is 13.1. The Bertz CT molecular complexity index is 1300. The number of carbonyl (C=O) groups is 3. The van der Waals surface area contributed by atoms with Gasteiger partial charge < -0.3 is 14.8 Å². The zero-order chi connectivity index (χ0) is 22.4. The number of rotatable bonds is 3. The molecule has 0 atom stereocenters. The lowest BCUT2D eigenvalue weighted by molar-refractivity contribution is 0.0925. The first-order valence-corrected chi connectivity index (χ1v) is 10.2. The topological polar surface area (TPSA) is 84.9 Å². The Hall–Kier alpha value is -4.13. The van der Waals surface area contributed by atoms with E-state index in [1.165, 1.54) is 17.0 Å². The maximum absolute atomic E-state index is 13.1. The number of hydrogen-bond donors (Lipinski definition) is 1. The minimum absolute atomic E-state index is 0.214. The van der Waals surface area contributed by atoms with Crippen LogP contribution in [0.25, 0.3) is 0 Å². The first-order valence-electron chi connectivity index (χ1n) is 10.2. The predicted molar refractivity (Wildman–Crippen MR) is 119 cm³/mol. The molecule has 7 heteroatoms. The van der Waals surface area contributed by atoms with E-state index in [-0.39, 0.29) is 16.7 Å². The van der Waals surface area contributed by atoms with E-state index in [0.717, 1.165) is 11.1 Å². The van der Waals surface area contributed by atoms with Crippen molar-refractivity contribution in [2.24, 2.45) is 0 Å². The standard InChI is InChI=1S/C25H20N2O5/c1-14-3-4-15(2)20(11-14)27-24(29)18-7-5-16(12-19(18)25(27)30)23(28)26-17-6-8-21-22(13-17)32-10-9-31-21/h3-8,11-13H,9-10H2,1-2H3,(H,26,28). The van der Waals surface area contributed by atoms with Crippen molar-refractivity contribution in [2.75, 3.05) is 23.4 Å². The summed E-state index contributed by atoms with van der Waals surface area (Å²) in [5.41, 5.74) is 3.64. The summed E-state index contributed by atoms with van der Waals surface area (Å²) in [6, 6.07) is 15.3. The average molecular weight is 428 g/mol. The van der Waals surface area contributed by atoms with Crippen molar-refractivity contribution in [2.45, 2.75) is 13.8 Å². The second kappa shape index (κ2) is 7.53. The molecule has 3 aromatic rings. The van der Waals surface area contributed by atoms with Crippen LogP contribution in [-0.2, 0) is 0 Å². The van der Waals surface area contributed by atoms with Gasteiger partial charge in [0.15, 0.2) is 11.5 Å². The van der Waals surface area contributed by atoms with E-state index in [1.54, 1.807) is 24.3 Å². The highest BCUT2D eigenvalue weighted by Crippen LogP contribution is 2.34. The number of carbonyl (C=O) groups excluding carboxylic acids is 3. The van der Waals surface area contributed by atoms with Crippen LogP contribution in [0, 0.1) is 13.8 Å². The fourth-order valence-corrected chi connectivity index (χ4v) is 3.89. The summed E-state index contributed by atoms with van der Waals surface area (Å²) in [5.74, 6) is -0.0320. The molecule has 0 fully saturated rings. The van der Waals surface area contributed by atoms with Crippen LogP contribution < -0.4 is 19.7 Å². The van der Waals surface area contributed by atoms with Crippen LogP contribution in [0.4, 0.5) is 11.4 Å². The third-order valence-corrected chi connectivity index (χ3v) is 5.55. The van der Waals surface area contributed by atoms with Gasteiger partial charge in [-0.1, -0.05) is 12.1 Å². The molecule has 7 nitrogen and oxygen atoms in total. The molecule has 1 N–H and O–H groups in total. The zero-order valence-corrected chi connectivity index (χ0v) is 17.6. The van der Waals surface area contributed by atoms with Crippen molar-refractivity contribution in [1.29, 1.82) is 0 Å². The number of nitrogens with zero attached hydrogens (tertiary/aromatic N) is 1. The third kappa shape index (κ3) is 3.28. The number of nitrogens with one attached hydrogen (secondary N) is 1. The summed E-state index contributed by atoms with van der Waals surface area (Å²) in [7, 11) is 0. The smallest absolute Gasteiger partial charge is 0.266 e. The van der Waals surface area contributed by atoms with E-state index in [0.29, 0.717) is 36.1 Å². The van der Waals surface area contributed by atoms with Crippen molar-refractivity contribution in [3.63, 3.8) is 0 Å². The molecule has 0 aliphatic carbocycles. The molecule has 2 aliphatic heterocycles. The highest BCUT2D eigenvalue weighted by molar-refractivity contribution is 6.35. The molecule has 0 radical (unpaired) electrons. The molecule has 5 rings (SSSR count). The number of anilines is 2. The van der Waals surface area contributed by atoms with Gasteiger partial charge >= 0.3 is 0 Å². The molecule has 0 unspecified atom stereocenters. The lowest BCUT2D eigenvalue weighted by Gasteiger charge is -2.19. The van der Waals surface area contributed by atoms with Gasteiger partial charge in [0.05, 0.1) is 16.8 Å². The molecular formula is C25H20N2O5. The molecule has 0 aromatic heterocycles. The zero-order valence-electron chi connectivity index (χ0n) is 17.6. The Balaban J connectivity index is 1.42. The van der Waals surface area contributed by atoms with Crippen LogP contribution in [0.15, 0.2) is 54.6 Å². The Morgan fingerprint density at radius 3 is 2.41 bits per heavy atom. The van der Waals surface area contributed by atoms with Crippen molar-refractivity contribution in [1.82, 2.24) is 0 Å². The number of amides is 3. The monoisotopic (exact) mass is 428 g/mol. The van der Waals surface area contributed by atoms with Crippen molar-refractivity contribution >= 4 is 29.1 Å². The molecule has 3 amide bonds. The minimum Gasteiger partial charge on any atom is -0.486 e. The van der Waals surface area contributed by atoms with Crippen LogP contribution in [0.5, 0.6) is 11.5 Å². The quantitative estimate of drug-likeness (QED) is 0.634. The molecule has 32 heavy (non-hydrogen) atoms. The summed E-state index contributed by atoms with van der Waals surface area (Å²) in [6.07, 6.45) is 0. The number of fused-ring (bicyclic) bond motifs is 2. The van der Waals surface area contributed by atoms with Crippen LogP contribution in [0.3, 0.4) is 0 Å². The lowest BCUT2D eigenvalue weighted by Crippen LogP contribution is -2.30. The van der Waals surface area contributed by atoms with Gasteiger partial charge in [0.1, 0.15) is 13.2 Å². The van der Waals surface area contributed by atoms with E-state index >= 15 is 0 Å². The summed E-state index contributed by atoms with van der Waals surface area (Å²) in [4.78, 5) is 40.1. The van der Waals surface area contributed by atoms with E-state index < -0.39 is 17.7 Å². The molecule has 3 aromatic carbocycles. The minimum atomic E-state index is -0.437. The van der Waals surface area contributed by atoms with Gasteiger partial charge in [-0.05, 0) is 61.4 Å². The fraction of sp³-hybridized carbons (Fsp3) is 0.160. The van der Waals surface area contributed by atoms with Crippen LogP contribution in [0.1, 0.15) is 42.2 Å². The van der Waals surface area contributed by atoms with Crippen LogP contribution in [-0.4, -0.2) is 30.9 Å². The number of hydrogen-bond acceptors (Lipinski definition) is 5. The molecular weight excluding hydrogens is 408 g/mol. The lowest BCUT2D eigenvalue weighted by atomic mass is 10.1. The molecule has 160 valence electrons. The highest BCUT2D eigenvalue weighted by atomic mass is 16.6. The molecule has 0 saturated carbocycles. The summed E-state index contributed by atoms with van der Waals surface area (Å²) in [6.45, 7) is 4.69. The Morgan fingerprint density at radius 2 is 1.59 bits per heavy atom. The number of benzene rings is 3. The number of aryl methyl sites for hydroxylation is 2. The van der Waals surface area contributed by atoms with Crippen LogP contribution >= 0.6 is 0 Å². The SMILES string of the molecule is Cc1ccc(C)c(N2C(=O)c3ccc(C(=O)Nc4ccc5c(c4)OCCO5)cc3C2=O)c1. The molecule has 2 heterocycles. The predicted octanol–water partition coefficient (Wildman–Crippen LogP) is 4.13. The fourth-order valence-electron chi connectivity index (χ4n) is 3.89. The average Bonchev–Trinajstić information content (AvgIpc) is 3.05. The second-order valence-electron chi connectivity index (χ2n) is 7.81. The van der Waals surface area contributed by atoms with Gasteiger partial charge in [0.2, 0.25) is 0 Å². The first-order chi connectivity index (χ1) is 15.4.